The second-order valence-corrected chi connectivity index (χ2v) is 7.96. The number of thiazole rings is 1. The normalized spacial score (nSPS) is 18.1. The molecule has 2 aromatic rings. The van der Waals surface area contributed by atoms with Gasteiger partial charge in [-0.15, -0.1) is 11.3 Å². The Balaban J connectivity index is 1.68. The van der Waals surface area contributed by atoms with Crippen molar-refractivity contribution in [1.82, 2.24) is 9.88 Å². The summed E-state index contributed by atoms with van der Waals surface area (Å²) >= 11 is 1.62. The first-order chi connectivity index (χ1) is 11.4. The van der Waals surface area contributed by atoms with Crippen molar-refractivity contribution in [1.29, 1.82) is 0 Å². The summed E-state index contributed by atoms with van der Waals surface area (Å²) < 4.78 is 0. The van der Waals surface area contributed by atoms with Gasteiger partial charge in [0.1, 0.15) is 5.01 Å². The SMILES string of the molecule is CC(C)(O)CCc1ccc(C(=O)N2CCC[C@@H]2c2nccs2)cc1. The highest BCUT2D eigenvalue weighted by Crippen LogP contribution is 2.34. The monoisotopic (exact) mass is 344 g/mol. The third kappa shape index (κ3) is 4.02. The zero-order valence-electron chi connectivity index (χ0n) is 14.2. The maximum Gasteiger partial charge on any atom is 0.254 e. The van der Waals surface area contributed by atoms with E-state index >= 15 is 0 Å². The summed E-state index contributed by atoms with van der Waals surface area (Å²) in [5.74, 6) is 0.0849. The molecule has 1 aliphatic heterocycles. The molecular formula is C19H24N2O2S. The zero-order chi connectivity index (χ0) is 17.2. The Morgan fingerprint density at radius 3 is 2.75 bits per heavy atom. The molecule has 1 fully saturated rings. The molecule has 0 unspecified atom stereocenters. The van der Waals surface area contributed by atoms with Gasteiger partial charge in [0.25, 0.3) is 5.91 Å². The van der Waals surface area contributed by atoms with E-state index in [-0.39, 0.29) is 11.9 Å². The number of aliphatic hydroxyl groups is 1. The molecule has 3 rings (SSSR count). The maximum atomic E-state index is 12.8. The molecule has 0 bridgehead atoms. The van der Waals surface area contributed by atoms with Gasteiger partial charge in [0.2, 0.25) is 0 Å². The molecule has 4 nitrogen and oxygen atoms in total. The Kier molecular flexibility index (Phi) is 5.01. The predicted molar refractivity (Wildman–Crippen MR) is 96.2 cm³/mol. The fourth-order valence-corrected chi connectivity index (χ4v) is 3.88. The van der Waals surface area contributed by atoms with E-state index < -0.39 is 5.60 Å². The molecule has 1 amide bonds. The van der Waals surface area contributed by atoms with Gasteiger partial charge in [-0.3, -0.25) is 4.79 Å². The maximum absolute atomic E-state index is 12.8. The molecule has 5 heteroatoms. The van der Waals surface area contributed by atoms with Crippen LogP contribution in [0.25, 0.3) is 0 Å². The van der Waals surface area contributed by atoms with Crippen molar-refractivity contribution < 1.29 is 9.90 Å². The lowest BCUT2D eigenvalue weighted by molar-refractivity contribution is 0.0710. The van der Waals surface area contributed by atoms with Gasteiger partial charge in [-0.05, 0) is 57.2 Å². The summed E-state index contributed by atoms with van der Waals surface area (Å²) in [6.07, 6.45) is 5.34. The average molecular weight is 344 g/mol. The Morgan fingerprint density at radius 2 is 2.12 bits per heavy atom. The van der Waals surface area contributed by atoms with Crippen molar-refractivity contribution in [2.75, 3.05) is 6.54 Å². The summed E-state index contributed by atoms with van der Waals surface area (Å²) in [6.45, 7) is 4.43. The summed E-state index contributed by atoms with van der Waals surface area (Å²) in [7, 11) is 0. The molecule has 0 spiro atoms. The number of amides is 1. The third-order valence-corrected chi connectivity index (χ3v) is 5.35. The quantitative estimate of drug-likeness (QED) is 0.897. The number of aromatic nitrogens is 1. The van der Waals surface area contributed by atoms with Gasteiger partial charge in [0.05, 0.1) is 11.6 Å². The van der Waals surface area contributed by atoms with E-state index in [1.165, 1.54) is 0 Å². The molecule has 1 aliphatic rings. The number of hydrogen-bond acceptors (Lipinski definition) is 4. The van der Waals surface area contributed by atoms with Crippen LogP contribution in [0.1, 0.15) is 60.1 Å². The number of hydrogen-bond donors (Lipinski definition) is 1. The number of carbonyl (C=O) groups excluding carboxylic acids is 1. The highest BCUT2D eigenvalue weighted by atomic mass is 32.1. The van der Waals surface area contributed by atoms with Crippen molar-refractivity contribution in [3.63, 3.8) is 0 Å². The minimum Gasteiger partial charge on any atom is -0.390 e. The Bertz CT molecular complexity index is 674. The number of aryl methyl sites for hydroxylation is 1. The van der Waals surface area contributed by atoms with E-state index in [4.69, 9.17) is 0 Å². The minimum atomic E-state index is -0.662. The van der Waals surface area contributed by atoms with E-state index in [1.54, 1.807) is 17.5 Å². The molecule has 1 saturated heterocycles. The lowest BCUT2D eigenvalue weighted by Crippen LogP contribution is -2.30. The molecule has 128 valence electrons. The lowest BCUT2D eigenvalue weighted by Gasteiger charge is -2.23. The summed E-state index contributed by atoms with van der Waals surface area (Å²) in [5, 5.41) is 12.8. The number of carbonyl (C=O) groups is 1. The largest absolute Gasteiger partial charge is 0.390 e. The molecule has 2 heterocycles. The minimum absolute atomic E-state index is 0.0849. The Labute approximate surface area is 147 Å². The molecule has 1 N–H and O–H groups in total. The first kappa shape index (κ1) is 17.1. The molecule has 1 aromatic heterocycles. The van der Waals surface area contributed by atoms with Crippen molar-refractivity contribution in [3.8, 4) is 0 Å². The van der Waals surface area contributed by atoms with Crippen molar-refractivity contribution in [3.05, 3.63) is 52.0 Å². The van der Waals surface area contributed by atoms with Crippen LogP contribution in [0.4, 0.5) is 0 Å². The number of nitrogens with zero attached hydrogens (tertiary/aromatic N) is 2. The summed E-state index contributed by atoms with van der Waals surface area (Å²) in [4.78, 5) is 19.2. The molecule has 0 aliphatic carbocycles. The first-order valence-corrected chi connectivity index (χ1v) is 9.34. The van der Waals surface area contributed by atoms with Crippen LogP contribution in [0.5, 0.6) is 0 Å². The summed E-state index contributed by atoms with van der Waals surface area (Å²) in [5.41, 5.74) is 1.21. The summed E-state index contributed by atoms with van der Waals surface area (Å²) in [6, 6.07) is 7.91. The molecule has 0 radical (unpaired) electrons. The van der Waals surface area contributed by atoms with Crippen LogP contribution in [0.15, 0.2) is 35.8 Å². The van der Waals surface area contributed by atoms with Crippen LogP contribution in [0, 0.1) is 0 Å². The number of likely N-dealkylation sites (tertiary alicyclic amines) is 1. The third-order valence-electron chi connectivity index (χ3n) is 4.48. The average Bonchev–Trinajstić information content (AvgIpc) is 3.22. The predicted octanol–water partition coefficient (Wildman–Crippen LogP) is 3.82. The van der Waals surface area contributed by atoms with Crippen LogP contribution < -0.4 is 0 Å². The van der Waals surface area contributed by atoms with Crippen molar-refractivity contribution in [2.24, 2.45) is 0 Å². The first-order valence-electron chi connectivity index (χ1n) is 8.46. The van der Waals surface area contributed by atoms with E-state index in [1.807, 2.05) is 48.4 Å². The highest BCUT2D eigenvalue weighted by molar-refractivity contribution is 7.09. The molecule has 1 aromatic carbocycles. The van der Waals surface area contributed by atoms with Gasteiger partial charge in [-0.25, -0.2) is 4.98 Å². The smallest absolute Gasteiger partial charge is 0.254 e. The van der Waals surface area contributed by atoms with Gasteiger partial charge in [0.15, 0.2) is 0 Å². The molecular weight excluding hydrogens is 320 g/mol. The Morgan fingerprint density at radius 1 is 1.38 bits per heavy atom. The molecule has 0 saturated carbocycles. The molecule has 24 heavy (non-hydrogen) atoms. The van der Waals surface area contributed by atoms with Crippen LogP contribution >= 0.6 is 11.3 Å². The van der Waals surface area contributed by atoms with Gasteiger partial charge < -0.3 is 10.0 Å². The Hall–Kier alpha value is -1.72. The fourth-order valence-electron chi connectivity index (χ4n) is 3.10. The topological polar surface area (TPSA) is 53.4 Å². The van der Waals surface area contributed by atoms with Crippen LogP contribution in [0.2, 0.25) is 0 Å². The number of benzene rings is 1. The number of rotatable bonds is 5. The second kappa shape index (κ2) is 7.03. The fraction of sp³-hybridized carbons (Fsp3) is 0.474. The van der Waals surface area contributed by atoms with Gasteiger partial charge in [0, 0.05) is 23.7 Å². The van der Waals surface area contributed by atoms with E-state index in [9.17, 15) is 9.90 Å². The van der Waals surface area contributed by atoms with Crippen molar-refractivity contribution >= 4 is 17.2 Å². The zero-order valence-corrected chi connectivity index (χ0v) is 15.1. The van der Waals surface area contributed by atoms with E-state index in [0.29, 0.717) is 6.42 Å². The standard InChI is InChI=1S/C19H24N2O2S/c1-19(2,23)10-9-14-5-7-15(8-6-14)18(22)21-12-3-4-16(21)17-20-11-13-24-17/h5-8,11,13,16,23H,3-4,9-10,12H2,1-2H3/t16-/m1/s1. The van der Waals surface area contributed by atoms with E-state index in [2.05, 4.69) is 4.98 Å². The molecule has 1 atom stereocenters. The van der Waals surface area contributed by atoms with Crippen LogP contribution in [0.3, 0.4) is 0 Å². The van der Waals surface area contributed by atoms with Crippen LogP contribution in [-0.2, 0) is 6.42 Å². The van der Waals surface area contributed by atoms with Gasteiger partial charge in [-0.1, -0.05) is 12.1 Å². The van der Waals surface area contributed by atoms with E-state index in [0.717, 1.165) is 41.9 Å². The van der Waals surface area contributed by atoms with Crippen molar-refractivity contribution in [2.45, 2.75) is 51.2 Å². The van der Waals surface area contributed by atoms with Gasteiger partial charge >= 0.3 is 0 Å². The van der Waals surface area contributed by atoms with Crippen LogP contribution in [-0.4, -0.2) is 33.0 Å². The lowest BCUT2D eigenvalue weighted by atomic mass is 9.98. The second-order valence-electron chi connectivity index (χ2n) is 7.04. The highest BCUT2D eigenvalue weighted by Gasteiger charge is 2.32. The van der Waals surface area contributed by atoms with Gasteiger partial charge in [-0.2, -0.15) is 0 Å².